The number of carbonyl (C=O) groups is 2. The topological polar surface area (TPSA) is 93.1 Å². The summed E-state index contributed by atoms with van der Waals surface area (Å²) in [4.78, 5) is 22.5. The Balaban J connectivity index is 4.02. The van der Waals surface area contributed by atoms with Crippen LogP contribution in [0.2, 0.25) is 0 Å². The van der Waals surface area contributed by atoms with Gasteiger partial charge in [-0.1, -0.05) is 26.7 Å². The van der Waals surface area contributed by atoms with E-state index in [1.165, 1.54) is 0 Å². The Labute approximate surface area is 107 Å². The second-order valence-corrected chi connectivity index (χ2v) is 3.93. The molecular formula is C12H22O6. The molecule has 2 N–H and O–H groups in total. The van der Waals surface area contributed by atoms with E-state index in [-0.39, 0.29) is 13.2 Å². The lowest BCUT2D eigenvalue weighted by molar-refractivity contribution is -0.173. The molecule has 6 nitrogen and oxygen atoms in total. The molecule has 0 aromatic carbocycles. The summed E-state index contributed by atoms with van der Waals surface area (Å²) >= 11 is 0. The van der Waals surface area contributed by atoms with Gasteiger partial charge in [0, 0.05) is 0 Å². The third-order valence-corrected chi connectivity index (χ3v) is 2.27. The van der Waals surface area contributed by atoms with E-state index in [1.54, 1.807) is 0 Å². The highest BCUT2D eigenvalue weighted by atomic mass is 16.6. The van der Waals surface area contributed by atoms with Gasteiger partial charge in [-0.15, -0.1) is 0 Å². The van der Waals surface area contributed by atoms with Gasteiger partial charge in [-0.3, -0.25) is 0 Å². The molecule has 0 saturated carbocycles. The first-order chi connectivity index (χ1) is 8.54. The molecule has 0 amide bonds. The summed E-state index contributed by atoms with van der Waals surface area (Å²) in [5.74, 6) is -2.02. The molecule has 6 heteroatoms. The number of rotatable bonds is 9. The number of carbonyl (C=O) groups excluding carboxylic acids is 2. The van der Waals surface area contributed by atoms with Gasteiger partial charge in [0.05, 0.1) is 13.2 Å². The maximum absolute atomic E-state index is 11.3. The van der Waals surface area contributed by atoms with Crippen molar-refractivity contribution in [2.24, 2.45) is 0 Å². The van der Waals surface area contributed by atoms with Crippen LogP contribution in [-0.2, 0) is 19.1 Å². The van der Waals surface area contributed by atoms with Crippen LogP contribution in [0.1, 0.15) is 39.5 Å². The number of esters is 2. The van der Waals surface area contributed by atoms with Gasteiger partial charge in [-0.25, -0.2) is 9.59 Å². The van der Waals surface area contributed by atoms with Crippen LogP contribution in [0.4, 0.5) is 0 Å². The third kappa shape index (κ3) is 6.56. The van der Waals surface area contributed by atoms with E-state index in [9.17, 15) is 19.8 Å². The van der Waals surface area contributed by atoms with Crippen molar-refractivity contribution in [2.75, 3.05) is 13.2 Å². The van der Waals surface area contributed by atoms with E-state index in [0.717, 1.165) is 12.8 Å². The van der Waals surface area contributed by atoms with Crippen LogP contribution < -0.4 is 0 Å². The molecule has 0 aromatic rings. The molecule has 0 bridgehead atoms. The summed E-state index contributed by atoms with van der Waals surface area (Å²) in [5, 5.41) is 18.8. The number of ether oxygens (including phenoxy) is 2. The number of hydrogen-bond acceptors (Lipinski definition) is 6. The molecule has 0 aliphatic rings. The molecule has 18 heavy (non-hydrogen) atoms. The van der Waals surface area contributed by atoms with Gasteiger partial charge in [-0.05, 0) is 12.8 Å². The zero-order chi connectivity index (χ0) is 14.0. The van der Waals surface area contributed by atoms with Crippen molar-refractivity contribution >= 4 is 11.9 Å². The fraction of sp³-hybridized carbons (Fsp3) is 0.833. The van der Waals surface area contributed by atoms with Gasteiger partial charge >= 0.3 is 11.9 Å². The van der Waals surface area contributed by atoms with E-state index < -0.39 is 24.1 Å². The van der Waals surface area contributed by atoms with Crippen molar-refractivity contribution in [1.82, 2.24) is 0 Å². The Morgan fingerprint density at radius 2 is 1.22 bits per heavy atom. The first-order valence-electron chi connectivity index (χ1n) is 6.24. The Bertz CT molecular complexity index is 227. The van der Waals surface area contributed by atoms with Crippen LogP contribution in [0.3, 0.4) is 0 Å². The first kappa shape index (κ1) is 16.9. The zero-order valence-electron chi connectivity index (χ0n) is 10.9. The monoisotopic (exact) mass is 262 g/mol. The van der Waals surface area contributed by atoms with Gasteiger partial charge < -0.3 is 19.7 Å². The standard InChI is InChI=1S/C12H22O6/c1-3-5-7-17-11(15)9(13)10(14)12(16)18-8-6-4-2/h9-10,13-14H,3-8H2,1-2H3/t9-,10-/m1/s1. The average Bonchev–Trinajstić information content (AvgIpc) is 2.37. The van der Waals surface area contributed by atoms with Crippen LogP contribution >= 0.6 is 0 Å². The second kappa shape index (κ2) is 9.85. The summed E-state index contributed by atoms with van der Waals surface area (Å²) in [6, 6.07) is 0. The van der Waals surface area contributed by atoms with Crippen molar-refractivity contribution in [3.8, 4) is 0 Å². The van der Waals surface area contributed by atoms with Crippen LogP contribution in [-0.4, -0.2) is 47.6 Å². The van der Waals surface area contributed by atoms with Crippen molar-refractivity contribution in [3.63, 3.8) is 0 Å². The molecule has 0 aromatic heterocycles. The summed E-state index contributed by atoms with van der Waals surface area (Å²) in [7, 11) is 0. The molecule has 0 radical (unpaired) electrons. The quantitative estimate of drug-likeness (QED) is 0.461. The average molecular weight is 262 g/mol. The minimum Gasteiger partial charge on any atom is -0.464 e. The van der Waals surface area contributed by atoms with Crippen molar-refractivity contribution in [3.05, 3.63) is 0 Å². The predicted molar refractivity (Wildman–Crippen MR) is 63.7 cm³/mol. The van der Waals surface area contributed by atoms with E-state index in [1.807, 2.05) is 13.8 Å². The largest absolute Gasteiger partial charge is 0.464 e. The molecule has 0 saturated heterocycles. The minimum atomic E-state index is -1.89. The molecule has 106 valence electrons. The van der Waals surface area contributed by atoms with Crippen LogP contribution in [0.15, 0.2) is 0 Å². The molecule has 0 fully saturated rings. The zero-order valence-corrected chi connectivity index (χ0v) is 10.9. The highest BCUT2D eigenvalue weighted by Gasteiger charge is 2.32. The second-order valence-electron chi connectivity index (χ2n) is 3.93. The van der Waals surface area contributed by atoms with Crippen LogP contribution in [0.25, 0.3) is 0 Å². The lowest BCUT2D eigenvalue weighted by atomic mass is 10.2. The van der Waals surface area contributed by atoms with E-state index in [4.69, 9.17) is 0 Å². The van der Waals surface area contributed by atoms with Gasteiger partial charge in [0.1, 0.15) is 0 Å². The van der Waals surface area contributed by atoms with Gasteiger partial charge in [-0.2, -0.15) is 0 Å². The Hall–Kier alpha value is -1.14. The fourth-order valence-electron chi connectivity index (χ4n) is 1.06. The fourth-order valence-corrected chi connectivity index (χ4v) is 1.06. The molecule has 0 heterocycles. The Morgan fingerprint density at radius 1 is 0.889 bits per heavy atom. The molecule has 0 aliphatic heterocycles. The Morgan fingerprint density at radius 3 is 1.50 bits per heavy atom. The molecule has 0 unspecified atom stereocenters. The minimum absolute atomic E-state index is 0.157. The van der Waals surface area contributed by atoms with Gasteiger partial charge in [0.15, 0.2) is 12.2 Å². The summed E-state index contributed by atoms with van der Waals surface area (Å²) in [5.41, 5.74) is 0. The highest BCUT2D eigenvalue weighted by Crippen LogP contribution is 2.02. The van der Waals surface area contributed by atoms with Gasteiger partial charge in [0.2, 0.25) is 0 Å². The van der Waals surface area contributed by atoms with Crippen molar-refractivity contribution < 1.29 is 29.3 Å². The van der Waals surface area contributed by atoms with Gasteiger partial charge in [0.25, 0.3) is 0 Å². The summed E-state index contributed by atoms with van der Waals surface area (Å²) in [6.07, 6.45) is -0.784. The molecule has 2 atom stereocenters. The van der Waals surface area contributed by atoms with E-state index >= 15 is 0 Å². The predicted octanol–water partition coefficient (Wildman–Crippen LogP) is 0.395. The number of aliphatic hydroxyl groups is 2. The summed E-state index contributed by atoms with van der Waals surface area (Å²) in [6.45, 7) is 4.16. The van der Waals surface area contributed by atoms with Crippen LogP contribution in [0, 0.1) is 0 Å². The molecule has 0 spiro atoms. The van der Waals surface area contributed by atoms with Crippen molar-refractivity contribution in [1.29, 1.82) is 0 Å². The number of hydrogen-bond donors (Lipinski definition) is 2. The normalized spacial score (nSPS) is 13.8. The maximum Gasteiger partial charge on any atom is 0.338 e. The van der Waals surface area contributed by atoms with Crippen LogP contribution in [0.5, 0.6) is 0 Å². The lowest BCUT2D eigenvalue weighted by Gasteiger charge is -2.15. The van der Waals surface area contributed by atoms with E-state index in [2.05, 4.69) is 9.47 Å². The SMILES string of the molecule is CCCCOC(=O)[C@H](O)[C@@H](O)C(=O)OCCCC. The highest BCUT2D eigenvalue weighted by molar-refractivity contribution is 5.85. The third-order valence-electron chi connectivity index (χ3n) is 2.27. The van der Waals surface area contributed by atoms with Crippen molar-refractivity contribution in [2.45, 2.75) is 51.7 Å². The number of unbranched alkanes of at least 4 members (excludes halogenated alkanes) is 2. The summed E-state index contributed by atoms with van der Waals surface area (Å²) < 4.78 is 9.37. The first-order valence-corrected chi connectivity index (χ1v) is 6.24. The molecular weight excluding hydrogens is 240 g/mol. The maximum atomic E-state index is 11.3. The smallest absolute Gasteiger partial charge is 0.338 e. The van der Waals surface area contributed by atoms with E-state index in [0.29, 0.717) is 12.8 Å². The lowest BCUT2D eigenvalue weighted by Crippen LogP contribution is -2.41. The number of aliphatic hydroxyl groups excluding tert-OH is 2. The molecule has 0 rings (SSSR count). The molecule has 0 aliphatic carbocycles. The Kier molecular flexibility index (Phi) is 9.22.